The minimum atomic E-state index is -0.197. The molecule has 0 radical (unpaired) electrons. The van der Waals surface area contributed by atoms with Gasteiger partial charge in [-0.15, -0.1) is 24.0 Å². The van der Waals surface area contributed by atoms with Gasteiger partial charge in [0.1, 0.15) is 11.9 Å². The molecule has 33 heavy (non-hydrogen) atoms. The Labute approximate surface area is 215 Å². The minimum absolute atomic E-state index is 0. The molecule has 2 rings (SSSR count). The van der Waals surface area contributed by atoms with E-state index >= 15 is 0 Å². The fourth-order valence-corrected chi connectivity index (χ4v) is 3.33. The lowest BCUT2D eigenvalue weighted by atomic mass is 10.1. The Bertz CT molecular complexity index is 856. The van der Waals surface area contributed by atoms with Gasteiger partial charge in [0.2, 0.25) is 5.89 Å². The summed E-state index contributed by atoms with van der Waals surface area (Å²) >= 11 is 0. The fourth-order valence-electron chi connectivity index (χ4n) is 3.33. The first-order valence-corrected chi connectivity index (χ1v) is 11.5. The number of nitrogens with zero attached hydrogens (tertiary/aromatic N) is 3. The lowest BCUT2D eigenvalue weighted by Gasteiger charge is -2.19. The Morgan fingerprint density at radius 1 is 1.15 bits per heavy atom. The summed E-state index contributed by atoms with van der Waals surface area (Å²) in [6.07, 6.45) is 0.962. The van der Waals surface area contributed by atoms with Gasteiger partial charge in [0.05, 0.1) is 19.2 Å². The highest BCUT2D eigenvalue weighted by molar-refractivity contribution is 14.0. The molecule has 2 N–H and O–H groups in total. The van der Waals surface area contributed by atoms with E-state index in [1.807, 2.05) is 20.8 Å². The Morgan fingerprint density at radius 2 is 1.91 bits per heavy atom. The van der Waals surface area contributed by atoms with Crippen molar-refractivity contribution in [2.45, 2.75) is 80.2 Å². The van der Waals surface area contributed by atoms with Crippen LogP contribution >= 0.6 is 24.0 Å². The maximum atomic E-state index is 6.25. The van der Waals surface area contributed by atoms with Gasteiger partial charge in [0, 0.05) is 18.7 Å². The molecule has 0 fully saturated rings. The zero-order valence-corrected chi connectivity index (χ0v) is 23.3. The van der Waals surface area contributed by atoms with Crippen molar-refractivity contribution in [2.75, 3.05) is 13.2 Å². The number of guanidine groups is 1. The summed E-state index contributed by atoms with van der Waals surface area (Å²) in [5.41, 5.74) is 2.22. The first-order valence-electron chi connectivity index (χ1n) is 11.5. The van der Waals surface area contributed by atoms with Crippen LogP contribution < -0.4 is 15.4 Å². The number of aryl methyl sites for hydroxylation is 1. The van der Waals surface area contributed by atoms with Crippen LogP contribution in [0.1, 0.15) is 76.9 Å². The van der Waals surface area contributed by atoms with Gasteiger partial charge in [-0.2, -0.15) is 4.98 Å². The third-order valence-corrected chi connectivity index (χ3v) is 4.78. The van der Waals surface area contributed by atoms with E-state index in [1.54, 1.807) is 0 Å². The van der Waals surface area contributed by atoms with E-state index in [0.717, 1.165) is 24.3 Å². The van der Waals surface area contributed by atoms with Crippen LogP contribution in [0.3, 0.4) is 0 Å². The number of benzene rings is 1. The first-order chi connectivity index (χ1) is 15.3. The molecule has 0 saturated heterocycles. The van der Waals surface area contributed by atoms with Gasteiger partial charge >= 0.3 is 0 Å². The van der Waals surface area contributed by atoms with Gasteiger partial charge in [-0.05, 0) is 58.6 Å². The van der Waals surface area contributed by atoms with Crippen LogP contribution in [-0.4, -0.2) is 35.4 Å². The molecule has 0 bridgehead atoms. The van der Waals surface area contributed by atoms with Crippen LogP contribution in [0.4, 0.5) is 0 Å². The SMILES string of the molecule is CCNC(=NCc1ccc(C)cc1OC(C)CC(C)C)NCc1nc(C(C)OCC)no1.I. The highest BCUT2D eigenvalue weighted by Gasteiger charge is 2.14. The van der Waals surface area contributed by atoms with Crippen LogP contribution in [0.25, 0.3) is 0 Å². The van der Waals surface area contributed by atoms with Crippen molar-refractivity contribution in [1.82, 2.24) is 20.8 Å². The monoisotopic (exact) mass is 573 g/mol. The van der Waals surface area contributed by atoms with Crippen molar-refractivity contribution < 1.29 is 14.0 Å². The van der Waals surface area contributed by atoms with Crippen molar-refractivity contribution in [3.8, 4) is 5.75 Å². The Morgan fingerprint density at radius 3 is 2.58 bits per heavy atom. The molecular weight excluding hydrogens is 533 g/mol. The number of aliphatic imine (C=N–C) groups is 1. The summed E-state index contributed by atoms with van der Waals surface area (Å²) in [5.74, 6) is 3.18. The Kier molecular flexibility index (Phi) is 13.3. The summed E-state index contributed by atoms with van der Waals surface area (Å²) in [6.45, 7) is 16.7. The quantitative estimate of drug-likeness (QED) is 0.206. The molecule has 8 nitrogen and oxygen atoms in total. The fraction of sp³-hybridized carbons (Fsp3) is 0.625. The minimum Gasteiger partial charge on any atom is -0.490 e. The molecule has 1 aromatic carbocycles. The summed E-state index contributed by atoms with van der Waals surface area (Å²) in [6, 6.07) is 6.26. The zero-order valence-electron chi connectivity index (χ0n) is 21.0. The lowest BCUT2D eigenvalue weighted by molar-refractivity contribution is 0.0683. The molecule has 0 spiro atoms. The number of ether oxygens (including phenoxy) is 2. The van der Waals surface area contributed by atoms with Gasteiger partial charge in [-0.25, -0.2) is 4.99 Å². The van der Waals surface area contributed by atoms with Crippen molar-refractivity contribution >= 4 is 29.9 Å². The summed E-state index contributed by atoms with van der Waals surface area (Å²) < 4.78 is 17.1. The Hall–Kier alpha value is -1.88. The highest BCUT2D eigenvalue weighted by Crippen LogP contribution is 2.24. The van der Waals surface area contributed by atoms with Crippen LogP contribution in [0.15, 0.2) is 27.7 Å². The number of aromatic nitrogens is 2. The summed E-state index contributed by atoms with van der Waals surface area (Å²) in [4.78, 5) is 9.12. The van der Waals surface area contributed by atoms with Crippen LogP contribution in [0.5, 0.6) is 5.75 Å². The Balaban J connectivity index is 0.00000544. The van der Waals surface area contributed by atoms with Crippen molar-refractivity contribution in [1.29, 1.82) is 0 Å². The van der Waals surface area contributed by atoms with Crippen LogP contribution in [-0.2, 0) is 17.8 Å². The second-order valence-corrected chi connectivity index (χ2v) is 8.36. The summed E-state index contributed by atoms with van der Waals surface area (Å²) in [5, 5.41) is 10.5. The van der Waals surface area contributed by atoms with E-state index in [1.165, 1.54) is 5.56 Å². The first kappa shape index (κ1) is 29.2. The van der Waals surface area contributed by atoms with Gasteiger partial charge in [0.15, 0.2) is 11.8 Å². The molecule has 2 unspecified atom stereocenters. The van der Waals surface area contributed by atoms with Crippen molar-refractivity contribution in [2.24, 2.45) is 10.9 Å². The van der Waals surface area contributed by atoms with Crippen molar-refractivity contribution in [3.63, 3.8) is 0 Å². The molecule has 2 aromatic rings. The van der Waals surface area contributed by atoms with E-state index < -0.39 is 0 Å². The molecule has 0 aliphatic carbocycles. The third kappa shape index (κ3) is 10.3. The normalized spacial score (nSPS) is 13.4. The van der Waals surface area contributed by atoms with E-state index in [-0.39, 0.29) is 36.2 Å². The van der Waals surface area contributed by atoms with Crippen molar-refractivity contribution in [3.05, 3.63) is 41.0 Å². The molecule has 1 aromatic heterocycles. The molecule has 9 heteroatoms. The van der Waals surface area contributed by atoms with Crippen LogP contribution in [0, 0.1) is 12.8 Å². The molecule has 0 aliphatic heterocycles. The lowest BCUT2D eigenvalue weighted by Crippen LogP contribution is -2.36. The zero-order chi connectivity index (χ0) is 23.5. The molecule has 1 heterocycles. The van der Waals surface area contributed by atoms with E-state index in [2.05, 4.69) is 66.7 Å². The molecule has 186 valence electrons. The molecule has 0 aliphatic rings. The van der Waals surface area contributed by atoms with Crippen LogP contribution in [0.2, 0.25) is 0 Å². The number of hydrogen-bond acceptors (Lipinski definition) is 6. The molecule has 0 amide bonds. The number of halogens is 1. The van der Waals surface area contributed by atoms with E-state index in [9.17, 15) is 0 Å². The van der Waals surface area contributed by atoms with E-state index in [0.29, 0.717) is 43.3 Å². The predicted octanol–water partition coefficient (Wildman–Crippen LogP) is 5.16. The second kappa shape index (κ2) is 15.1. The maximum Gasteiger partial charge on any atom is 0.246 e. The maximum absolute atomic E-state index is 6.25. The van der Waals surface area contributed by atoms with E-state index in [4.69, 9.17) is 19.0 Å². The second-order valence-electron chi connectivity index (χ2n) is 8.36. The molecule has 2 atom stereocenters. The average Bonchev–Trinajstić information content (AvgIpc) is 3.20. The highest BCUT2D eigenvalue weighted by atomic mass is 127. The topological polar surface area (TPSA) is 93.8 Å². The number of hydrogen-bond donors (Lipinski definition) is 2. The van der Waals surface area contributed by atoms with Gasteiger partial charge in [-0.3, -0.25) is 0 Å². The summed E-state index contributed by atoms with van der Waals surface area (Å²) in [7, 11) is 0. The van der Waals surface area contributed by atoms with Gasteiger partial charge in [0.25, 0.3) is 0 Å². The number of nitrogens with one attached hydrogen (secondary N) is 2. The smallest absolute Gasteiger partial charge is 0.246 e. The standard InChI is InChI=1S/C24H39N5O3.HI/c1-8-25-24(27-15-22-28-23(29-32-22)19(7)30-9-2)26-14-20-11-10-17(5)13-21(20)31-18(6)12-16(3)4;/h10-11,13,16,18-19H,8-9,12,14-15H2,1-7H3,(H2,25,26,27);1H. The average molecular weight is 574 g/mol. The number of rotatable bonds is 12. The molecular formula is C24H40IN5O3. The predicted molar refractivity (Wildman–Crippen MR) is 142 cm³/mol. The van der Waals surface area contributed by atoms with Gasteiger partial charge in [-0.1, -0.05) is 31.1 Å². The molecule has 0 saturated carbocycles. The largest absolute Gasteiger partial charge is 0.490 e. The third-order valence-electron chi connectivity index (χ3n) is 4.78. The van der Waals surface area contributed by atoms with Gasteiger partial charge < -0.3 is 24.6 Å².